The summed E-state index contributed by atoms with van der Waals surface area (Å²) < 4.78 is 3.40. The van der Waals surface area contributed by atoms with Crippen LogP contribution in [-0.2, 0) is 13.0 Å². The Hall–Kier alpha value is -3.05. The first kappa shape index (κ1) is 18.9. The van der Waals surface area contributed by atoms with Crippen molar-refractivity contribution in [3.05, 3.63) is 89.4 Å². The molecule has 0 aliphatic carbocycles. The molecular formula is C25H25N3OS. The number of para-hydroxylation sites is 1. The van der Waals surface area contributed by atoms with Crippen molar-refractivity contribution < 1.29 is 4.79 Å². The molecule has 4 nitrogen and oxygen atoms in total. The van der Waals surface area contributed by atoms with Crippen LogP contribution in [0.2, 0.25) is 0 Å². The topological polar surface area (TPSA) is 28.5 Å². The normalized spacial score (nSPS) is 14.4. The first-order chi connectivity index (χ1) is 14.8. The van der Waals surface area contributed by atoms with Crippen molar-refractivity contribution in [3.63, 3.8) is 0 Å². The number of amides is 1. The maximum absolute atomic E-state index is 13.4. The Morgan fingerprint density at radius 3 is 2.30 bits per heavy atom. The Balaban J connectivity index is 1.33. The van der Waals surface area contributed by atoms with Gasteiger partial charge in [0.25, 0.3) is 5.91 Å². The molecule has 2 aromatic carbocycles. The number of hydrogen-bond donors (Lipinski definition) is 0. The van der Waals surface area contributed by atoms with Gasteiger partial charge in [-0.2, -0.15) is 0 Å². The summed E-state index contributed by atoms with van der Waals surface area (Å²) >= 11 is 1.71. The average Bonchev–Trinajstić information content (AvgIpc) is 3.40. The molecule has 0 saturated carbocycles. The summed E-state index contributed by atoms with van der Waals surface area (Å²) in [7, 11) is 0. The molecule has 0 bridgehead atoms. The number of carbonyl (C=O) groups is 1. The fourth-order valence-corrected chi connectivity index (χ4v) is 5.07. The molecule has 152 valence electrons. The molecule has 0 unspecified atom stereocenters. The Kier molecular flexibility index (Phi) is 5.28. The minimum absolute atomic E-state index is 0.152. The molecule has 30 heavy (non-hydrogen) atoms. The van der Waals surface area contributed by atoms with Crippen molar-refractivity contribution in [2.45, 2.75) is 13.0 Å². The number of aryl methyl sites for hydroxylation is 2. The first-order valence-electron chi connectivity index (χ1n) is 10.5. The molecule has 1 amide bonds. The van der Waals surface area contributed by atoms with E-state index >= 15 is 0 Å². The van der Waals surface area contributed by atoms with E-state index in [9.17, 15) is 4.79 Å². The van der Waals surface area contributed by atoms with Crippen LogP contribution in [0.25, 0.3) is 10.2 Å². The summed E-state index contributed by atoms with van der Waals surface area (Å²) in [5.41, 5.74) is 4.52. The number of hydrogen-bond acceptors (Lipinski definition) is 3. The molecule has 1 aliphatic rings. The number of benzene rings is 2. The van der Waals surface area contributed by atoms with E-state index < -0.39 is 0 Å². The van der Waals surface area contributed by atoms with Crippen LogP contribution in [0.4, 0.5) is 5.69 Å². The van der Waals surface area contributed by atoms with E-state index in [0.717, 1.165) is 44.8 Å². The van der Waals surface area contributed by atoms with E-state index in [4.69, 9.17) is 0 Å². The van der Waals surface area contributed by atoms with E-state index in [1.54, 1.807) is 11.3 Å². The number of rotatable bonds is 5. The van der Waals surface area contributed by atoms with Gasteiger partial charge in [0.2, 0.25) is 0 Å². The second-order valence-corrected chi connectivity index (χ2v) is 8.65. The van der Waals surface area contributed by atoms with Crippen LogP contribution in [0, 0.1) is 0 Å². The highest BCUT2D eigenvalue weighted by Crippen LogP contribution is 2.27. The van der Waals surface area contributed by atoms with Gasteiger partial charge in [-0.1, -0.05) is 48.5 Å². The van der Waals surface area contributed by atoms with E-state index in [0.29, 0.717) is 0 Å². The van der Waals surface area contributed by atoms with Gasteiger partial charge in [-0.05, 0) is 41.6 Å². The van der Waals surface area contributed by atoms with Crippen LogP contribution in [0.5, 0.6) is 0 Å². The highest BCUT2D eigenvalue weighted by Gasteiger charge is 2.25. The highest BCUT2D eigenvalue weighted by molar-refractivity contribution is 7.17. The van der Waals surface area contributed by atoms with E-state index in [2.05, 4.69) is 75.5 Å². The predicted molar refractivity (Wildman–Crippen MR) is 125 cm³/mol. The standard InChI is InChI=1S/C25H25N3OS/c29-25(27-16-14-26(15-17-27)21-9-5-2-6-10-21)23-19-24-22(12-18-30-24)28(23)13-11-20-7-3-1-4-8-20/h1-10,12,18-19H,11,13-17H2. The minimum atomic E-state index is 0.152. The van der Waals surface area contributed by atoms with Gasteiger partial charge in [-0.3, -0.25) is 4.79 Å². The molecule has 4 aromatic rings. The third-order valence-corrected chi connectivity index (χ3v) is 6.75. The van der Waals surface area contributed by atoms with Gasteiger partial charge in [-0.15, -0.1) is 11.3 Å². The van der Waals surface area contributed by atoms with E-state index in [-0.39, 0.29) is 5.91 Å². The second-order valence-electron chi connectivity index (χ2n) is 7.70. The third kappa shape index (κ3) is 3.73. The van der Waals surface area contributed by atoms with Crippen molar-refractivity contribution in [1.29, 1.82) is 0 Å². The van der Waals surface area contributed by atoms with Gasteiger partial charge in [0.15, 0.2) is 0 Å². The largest absolute Gasteiger partial charge is 0.368 e. The predicted octanol–water partition coefficient (Wildman–Crippen LogP) is 4.91. The zero-order chi connectivity index (χ0) is 20.3. The summed E-state index contributed by atoms with van der Waals surface area (Å²) in [4.78, 5) is 17.8. The molecule has 1 fully saturated rings. The Morgan fingerprint density at radius 1 is 0.867 bits per heavy atom. The number of anilines is 1. The monoisotopic (exact) mass is 415 g/mol. The Morgan fingerprint density at radius 2 is 1.57 bits per heavy atom. The van der Waals surface area contributed by atoms with Crippen molar-refractivity contribution >= 4 is 33.1 Å². The Bertz CT molecular complexity index is 1130. The van der Waals surface area contributed by atoms with Crippen molar-refractivity contribution in [1.82, 2.24) is 9.47 Å². The first-order valence-corrected chi connectivity index (χ1v) is 11.4. The molecule has 2 aromatic heterocycles. The smallest absolute Gasteiger partial charge is 0.270 e. The quantitative estimate of drug-likeness (QED) is 0.463. The number of piperazine rings is 1. The molecule has 0 N–H and O–H groups in total. The van der Waals surface area contributed by atoms with Crippen molar-refractivity contribution in [3.8, 4) is 0 Å². The van der Waals surface area contributed by atoms with Gasteiger partial charge in [-0.25, -0.2) is 0 Å². The highest BCUT2D eigenvalue weighted by atomic mass is 32.1. The van der Waals surface area contributed by atoms with Crippen LogP contribution < -0.4 is 4.90 Å². The number of fused-ring (bicyclic) bond motifs is 1. The van der Waals surface area contributed by atoms with Gasteiger partial charge >= 0.3 is 0 Å². The van der Waals surface area contributed by atoms with Gasteiger partial charge in [0.1, 0.15) is 5.69 Å². The number of aromatic nitrogens is 1. The average molecular weight is 416 g/mol. The fourth-order valence-electron chi connectivity index (χ4n) is 4.25. The second kappa shape index (κ2) is 8.36. The van der Waals surface area contributed by atoms with Crippen LogP contribution in [0.3, 0.4) is 0 Å². The number of nitrogens with zero attached hydrogens (tertiary/aromatic N) is 3. The molecule has 0 atom stereocenters. The summed E-state index contributed by atoms with van der Waals surface area (Å²) in [6.07, 6.45) is 0.919. The lowest BCUT2D eigenvalue weighted by atomic mass is 10.1. The molecule has 5 heteroatoms. The number of thiophene rings is 1. The van der Waals surface area contributed by atoms with Gasteiger partial charge in [0, 0.05) is 38.4 Å². The van der Waals surface area contributed by atoms with E-state index in [1.807, 2.05) is 17.0 Å². The maximum atomic E-state index is 13.4. The van der Waals surface area contributed by atoms with Crippen LogP contribution in [-0.4, -0.2) is 41.6 Å². The summed E-state index contributed by atoms with van der Waals surface area (Å²) in [6.45, 7) is 4.06. The molecule has 1 saturated heterocycles. The minimum Gasteiger partial charge on any atom is -0.368 e. The lowest BCUT2D eigenvalue weighted by Crippen LogP contribution is -2.49. The molecule has 0 radical (unpaired) electrons. The van der Waals surface area contributed by atoms with Crippen LogP contribution in [0.1, 0.15) is 16.1 Å². The fraction of sp³-hybridized carbons (Fsp3) is 0.240. The molecule has 3 heterocycles. The lowest BCUT2D eigenvalue weighted by Gasteiger charge is -2.36. The summed E-state index contributed by atoms with van der Waals surface area (Å²) in [6, 6.07) is 25.2. The van der Waals surface area contributed by atoms with Crippen LogP contribution >= 0.6 is 11.3 Å². The summed E-state index contributed by atoms with van der Waals surface area (Å²) in [5.74, 6) is 0.152. The molecule has 5 rings (SSSR count). The molecule has 0 spiro atoms. The SMILES string of the molecule is O=C(c1cc2sccc2n1CCc1ccccc1)N1CCN(c2ccccc2)CC1. The summed E-state index contributed by atoms with van der Waals surface area (Å²) in [5, 5.41) is 2.11. The molecule has 1 aliphatic heterocycles. The zero-order valence-corrected chi connectivity index (χ0v) is 17.7. The van der Waals surface area contributed by atoms with Crippen molar-refractivity contribution in [2.75, 3.05) is 31.1 Å². The van der Waals surface area contributed by atoms with Crippen LogP contribution in [0.15, 0.2) is 78.2 Å². The zero-order valence-electron chi connectivity index (χ0n) is 16.9. The van der Waals surface area contributed by atoms with Gasteiger partial charge in [0.05, 0.1) is 10.2 Å². The van der Waals surface area contributed by atoms with Gasteiger partial charge < -0.3 is 14.4 Å². The molecular weight excluding hydrogens is 390 g/mol. The van der Waals surface area contributed by atoms with E-state index in [1.165, 1.54) is 21.5 Å². The third-order valence-electron chi connectivity index (χ3n) is 5.90. The lowest BCUT2D eigenvalue weighted by molar-refractivity contribution is 0.0736. The van der Waals surface area contributed by atoms with Crippen molar-refractivity contribution in [2.24, 2.45) is 0 Å². The number of carbonyl (C=O) groups excluding carboxylic acids is 1. The maximum Gasteiger partial charge on any atom is 0.270 e. The Labute approximate surface area is 181 Å².